The van der Waals surface area contributed by atoms with Crippen molar-refractivity contribution >= 4 is 28.9 Å². The van der Waals surface area contributed by atoms with Crippen LogP contribution in [0.4, 0.5) is 11.4 Å². The molecule has 1 N–H and O–H groups in total. The van der Waals surface area contributed by atoms with E-state index in [0.717, 1.165) is 0 Å². The van der Waals surface area contributed by atoms with E-state index in [4.69, 9.17) is 16.3 Å². The Morgan fingerprint density at radius 2 is 1.81 bits per heavy atom. The maximum Gasteiger partial charge on any atom is 0.312 e. The number of nitro benzene ring substituents is 1. The molecule has 0 radical (unpaired) electrons. The molecule has 3 aromatic carbocycles. The first-order valence-corrected chi connectivity index (χ1v) is 8.43. The van der Waals surface area contributed by atoms with E-state index in [1.807, 2.05) is 18.2 Å². The molecular weight excluding hydrogens is 368 g/mol. The Kier molecular flexibility index (Phi) is 5.68. The number of amides is 1. The molecule has 7 heteroatoms. The number of halogens is 1. The number of hydrogen-bond acceptors (Lipinski definition) is 4. The third-order valence-corrected chi connectivity index (χ3v) is 3.97. The predicted molar refractivity (Wildman–Crippen MR) is 103 cm³/mol. The van der Waals surface area contributed by atoms with Gasteiger partial charge in [-0.1, -0.05) is 41.9 Å². The third-order valence-electron chi connectivity index (χ3n) is 3.73. The lowest BCUT2D eigenvalue weighted by Gasteiger charge is -2.09. The van der Waals surface area contributed by atoms with E-state index < -0.39 is 4.92 Å². The number of anilines is 1. The lowest BCUT2D eigenvalue weighted by atomic mass is 10.1. The fraction of sp³-hybridized carbons (Fsp3) is 0.0500. The van der Waals surface area contributed by atoms with Crippen molar-refractivity contribution in [2.75, 3.05) is 5.32 Å². The second-order valence-electron chi connectivity index (χ2n) is 5.68. The highest BCUT2D eigenvalue weighted by atomic mass is 35.5. The van der Waals surface area contributed by atoms with Gasteiger partial charge in [-0.2, -0.15) is 0 Å². The summed E-state index contributed by atoms with van der Waals surface area (Å²) in [5.74, 6) is -0.135. The summed E-state index contributed by atoms with van der Waals surface area (Å²) in [7, 11) is 0. The van der Waals surface area contributed by atoms with Gasteiger partial charge in [0.15, 0.2) is 5.75 Å². The number of nitrogens with zero attached hydrogens (tertiary/aromatic N) is 1. The Balaban J connectivity index is 1.71. The Labute approximate surface area is 160 Å². The summed E-state index contributed by atoms with van der Waals surface area (Å²) in [4.78, 5) is 22.9. The molecule has 0 aromatic heterocycles. The van der Waals surface area contributed by atoms with E-state index in [-0.39, 0.29) is 29.0 Å². The molecule has 0 spiro atoms. The number of rotatable bonds is 6. The molecule has 0 bridgehead atoms. The molecule has 0 aliphatic carbocycles. The SMILES string of the molecule is O=C(Nc1ccccc1)c1cccc(COc2ccc(Cl)cc2[N+](=O)[O-])c1. The number of benzene rings is 3. The Morgan fingerprint density at radius 1 is 1.04 bits per heavy atom. The molecule has 27 heavy (non-hydrogen) atoms. The number of hydrogen-bond donors (Lipinski definition) is 1. The number of carbonyl (C=O) groups is 1. The van der Waals surface area contributed by atoms with Gasteiger partial charge in [-0.25, -0.2) is 0 Å². The van der Waals surface area contributed by atoms with E-state index in [1.165, 1.54) is 18.2 Å². The van der Waals surface area contributed by atoms with Crippen LogP contribution in [0.5, 0.6) is 5.75 Å². The van der Waals surface area contributed by atoms with Gasteiger partial charge >= 0.3 is 5.69 Å². The molecule has 0 atom stereocenters. The molecule has 0 heterocycles. The van der Waals surface area contributed by atoms with Crippen LogP contribution in [0.15, 0.2) is 72.8 Å². The first-order valence-electron chi connectivity index (χ1n) is 8.05. The highest BCUT2D eigenvalue weighted by Crippen LogP contribution is 2.30. The van der Waals surface area contributed by atoms with Crippen molar-refractivity contribution in [3.63, 3.8) is 0 Å². The molecule has 3 aromatic rings. The van der Waals surface area contributed by atoms with Crippen molar-refractivity contribution in [1.29, 1.82) is 0 Å². The van der Waals surface area contributed by atoms with E-state index in [1.54, 1.807) is 36.4 Å². The maximum atomic E-state index is 12.4. The van der Waals surface area contributed by atoms with Crippen molar-refractivity contribution in [3.8, 4) is 5.75 Å². The molecule has 3 rings (SSSR count). The van der Waals surface area contributed by atoms with E-state index in [9.17, 15) is 14.9 Å². The standard InChI is InChI=1S/C20H15ClN2O4/c21-16-9-10-19(18(12-16)23(25)26)27-13-14-5-4-6-15(11-14)20(24)22-17-7-2-1-3-8-17/h1-12H,13H2,(H,22,24). The van der Waals surface area contributed by atoms with Crippen LogP contribution < -0.4 is 10.1 Å². The Morgan fingerprint density at radius 3 is 2.56 bits per heavy atom. The zero-order chi connectivity index (χ0) is 19.2. The fourth-order valence-corrected chi connectivity index (χ4v) is 2.61. The second kappa shape index (κ2) is 8.33. The molecule has 0 saturated heterocycles. The molecule has 0 unspecified atom stereocenters. The average Bonchev–Trinajstić information content (AvgIpc) is 2.68. The molecular formula is C20H15ClN2O4. The molecule has 6 nitrogen and oxygen atoms in total. The zero-order valence-electron chi connectivity index (χ0n) is 14.1. The number of carbonyl (C=O) groups excluding carboxylic acids is 1. The van der Waals surface area contributed by atoms with Gasteiger partial charge in [0, 0.05) is 22.3 Å². The minimum absolute atomic E-state index is 0.0783. The number of nitro groups is 1. The van der Waals surface area contributed by atoms with E-state index >= 15 is 0 Å². The van der Waals surface area contributed by atoms with Gasteiger partial charge in [-0.3, -0.25) is 14.9 Å². The van der Waals surface area contributed by atoms with Crippen molar-refractivity contribution in [2.24, 2.45) is 0 Å². The first kappa shape index (κ1) is 18.4. The number of para-hydroxylation sites is 1. The second-order valence-corrected chi connectivity index (χ2v) is 6.11. The molecule has 136 valence electrons. The van der Waals surface area contributed by atoms with Crippen LogP contribution in [0.1, 0.15) is 15.9 Å². The zero-order valence-corrected chi connectivity index (χ0v) is 14.8. The van der Waals surface area contributed by atoms with Crippen molar-refractivity contribution in [1.82, 2.24) is 0 Å². The van der Waals surface area contributed by atoms with Crippen LogP contribution in [0.25, 0.3) is 0 Å². The summed E-state index contributed by atoms with van der Waals surface area (Å²) in [6.45, 7) is 0.0783. The molecule has 0 aliphatic heterocycles. The molecule has 0 aliphatic rings. The molecule has 0 fully saturated rings. The quantitative estimate of drug-likeness (QED) is 0.476. The van der Waals surface area contributed by atoms with Gasteiger partial charge in [0.2, 0.25) is 0 Å². The summed E-state index contributed by atoms with van der Waals surface area (Å²) < 4.78 is 5.56. The van der Waals surface area contributed by atoms with Crippen molar-refractivity contribution < 1.29 is 14.5 Å². The summed E-state index contributed by atoms with van der Waals surface area (Å²) in [5.41, 5.74) is 1.66. The largest absolute Gasteiger partial charge is 0.482 e. The van der Waals surface area contributed by atoms with Crippen LogP contribution in [0, 0.1) is 10.1 Å². The van der Waals surface area contributed by atoms with Crippen LogP contribution in [-0.4, -0.2) is 10.8 Å². The summed E-state index contributed by atoms with van der Waals surface area (Å²) in [6.07, 6.45) is 0. The summed E-state index contributed by atoms with van der Waals surface area (Å²) >= 11 is 5.80. The van der Waals surface area contributed by atoms with Crippen LogP contribution in [-0.2, 0) is 6.61 Å². The third kappa shape index (κ3) is 4.83. The average molecular weight is 383 g/mol. The summed E-state index contributed by atoms with van der Waals surface area (Å²) in [5, 5.41) is 14.2. The van der Waals surface area contributed by atoms with E-state index in [0.29, 0.717) is 16.8 Å². The summed E-state index contributed by atoms with van der Waals surface area (Å²) in [6, 6.07) is 20.2. The van der Waals surface area contributed by atoms with Gasteiger partial charge in [0.25, 0.3) is 5.91 Å². The smallest absolute Gasteiger partial charge is 0.312 e. The first-order chi connectivity index (χ1) is 13.0. The minimum atomic E-state index is -0.551. The van der Waals surface area contributed by atoms with Gasteiger partial charge < -0.3 is 10.1 Å². The van der Waals surface area contributed by atoms with Crippen molar-refractivity contribution in [2.45, 2.75) is 6.61 Å². The maximum absolute atomic E-state index is 12.4. The van der Waals surface area contributed by atoms with Crippen LogP contribution >= 0.6 is 11.6 Å². The number of ether oxygens (including phenoxy) is 1. The lowest BCUT2D eigenvalue weighted by molar-refractivity contribution is -0.385. The van der Waals surface area contributed by atoms with Gasteiger partial charge in [0.1, 0.15) is 6.61 Å². The normalized spacial score (nSPS) is 10.3. The highest BCUT2D eigenvalue weighted by molar-refractivity contribution is 6.30. The van der Waals surface area contributed by atoms with Crippen molar-refractivity contribution in [3.05, 3.63) is 99.1 Å². The van der Waals surface area contributed by atoms with Crippen LogP contribution in [0.2, 0.25) is 5.02 Å². The van der Waals surface area contributed by atoms with Gasteiger partial charge in [-0.15, -0.1) is 0 Å². The van der Waals surface area contributed by atoms with Crippen LogP contribution in [0.3, 0.4) is 0 Å². The molecule has 1 amide bonds. The van der Waals surface area contributed by atoms with Gasteiger partial charge in [0.05, 0.1) is 4.92 Å². The fourth-order valence-electron chi connectivity index (χ4n) is 2.44. The predicted octanol–water partition coefficient (Wildman–Crippen LogP) is 5.08. The lowest BCUT2D eigenvalue weighted by Crippen LogP contribution is -2.12. The number of nitrogens with one attached hydrogen (secondary N) is 1. The van der Waals surface area contributed by atoms with Gasteiger partial charge in [-0.05, 0) is 42.0 Å². The highest BCUT2D eigenvalue weighted by Gasteiger charge is 2.16. The minimum Gasteiger partial charge on any atom is -0.482 e. The molecule has 0 saturated carbocycles. The Bertz CT molecular complexity index is 977. The van der Waals surface area contributed by atoms with E-state index in [2.05, 4.69) is 5.32 Å². The Hall–Kier alpha value is -3.38. The monoisotopic (exact) mass is 382 g/mol. The topological polar surface area (TPSA) is 81.5 Å².